The van der Waals surface area contributed by atoms with Gasteiger partial charge in [0.1, 0.15) is 18.8 Å². The molecule has 0 aliphatic rings. The third kappa shape index (κ3) is 2.43. The Hall–Kier alpha value is -1.23. The summed E-state index contributed by atoms with van der Waals surface area (Å²) in [6, 6.07) is 1.57. The minimum atomic E-state index is -0.570. The van der Waals surface area contributed by atoms with E-state index in [0.717, 1.165) is 0 Å². The van der Waals surface area contributed by atoms with Gasteiger partial charge < -0.3 is 11.1 Å². The van der Waals surface area contributed by atoms with E-state index >= 15 is 0 Å². The Morgan fingerprint density at radius 2 is 2.33 bits per heavy atom. The fraction of sp³-hybridized carbons (Fsp3) is 0.429. The van der Waals surface area contributed by atoms with Crippen molar-refractivity contribution in [1.29, 1.82) is 0 Å². The lowest BCUT2D eigenvalue weighted by Gasteiger charge is -2.02. The van der Waals surface area contributed by atoms with Gasteiger partial charge in [0.05, 0.1) is 5.69 Å². The maximum atomic E-state index is 12.1. The molecule has 0 aliphatic carbocycles. The lowest BCUT2D eigenvalue weighted by molar-refractivity contribution is 0.475. The lowest BCUT2D eigenvalue weighted by atomic mass is 10.4. The van der Waals surface area contributed by atoms with E-state index < -0.39 is 6.67 Å². The van der Waals surface area contributed by atoms with Crippen LogP contribution in [0.3, 0.4) is 0 Å². The molecule has 5 heteroatoms. The van der Waals surface area contributed by atoms with Crippen LogP contribution < -0.4 is 11.1 Å². The van der Waals surface area contributed by atoms with E-state index in [1.54, 1.807) is 6.07 Å². The third-order valence-corrected chi connectivity index (χ3v) is 1.31. The highest BCUT2D eigenvalue weighted by molar-refractivity contribution is 5.34. The van der Waals surface area contributed by atoms with Gasteiger partial charge in [-0.05, 0) is 0 Å². The van der Waals surface area contributed by atoms with Gasteiger partial charge in [0.25, 0.3) is 0 Å². The molecule has 1 rings (SSSR count). The number of hydrogen-bond acceptors (Lipinski definition) is 4. The molecule has 12 heavy (non-hydrogen) atoms. The molecule has 0 amide bonds. The van der Waals surface area contributed by atoms with Gasteiger partial charge in [0, 0.05) is 19.2 Å². The molecule has 66 valence electrons. The number of nitrogens with one attached hydrogen (secondary N) is 1. The van der Waals surface area contributed by atoms with Crippen LogP contribution in [0.15, 0.2) is 12.4 Å². The summed E-state index contributed by atoms with van der Waals surface area (Å²) in [5, 5.41) is 2.93. The Kier molecular flexibility index (Phi) is 3.40. The number of halogens is 1. The van der Waals surface area contributed by atoms with Gasteiger partial charge in [0.2, 0.25) is 0 Å². The standard InChI is InChI=1S/C7H11FN4/c8-4-6-3-7(10-2-1-9)12-5-11-6/h3,5H,1-2,4,9H2,(H,10,11,12). The van der Waals surface area contributed by atoms with Crippen molar-refractivity contribution < 1.29 is 4.39 Å². The molecule has 3 N–H and O–H groups in total. The Bertz CT molecular complexity index is 241. The maximum Gasteiger partial charge on any atom is 0.132 e. The van der Waals surface area contributed by atoms with Crippen molar-refractivity contribution in [3.63, 3.8) is 0 Å². The van der Waals surface area contributed by atoms with Crippen LogP contribution in [0.1, 0.15) is 5.69 Å². The molecule has 0 aromatic carbocycles. The molecule has 0 bridgehead atoms. The van der Waals surface area contributed by atoms with E-state index in [-0.39, 0.29) is 0 Å². The van der Waals surface area contributed by atoms with Crippen molar-refractivity contribution in [2.45, 2.75) is 6.67 Å². The maximum absolute atomic E-state index is 12.1. The van der Waals surface area contributed by atoms with Crippen LogP contribution in [0.4, 0.5) is 10.2 Å². The fourth-order valence-electron chi connectivity index (χ4n) is 0.768. The van der Waals surface area contributed by atoms with Crippen LogP contribution in [0.5, 0.6) is 0 Å². The van der Waals surface area contributed by atoms with Gasteiger partial charge in [-0.2, -0.15) is 0 Å². The van der Waals surface area contributed by atoms with Crippen LogP contribution in [0.2, 0.25) is 0 Å². The molecule has 0 saturated carbocycles. The van der Waals surface area contributed by atoms with Gasteiger partial charge >= 0.3 is 0 Å². The first-order chi connectivity index (χ1) is 5.86. The predicted molar refractivity (Wildman–Crippen MR) is 44.4 cm³/mol. The van der Waals surface area contributed by atoms with Gasteiger partial charge in [-0.15, -0.1) is 0 Å². The molecule has 1 heterocycles. The summed E-state index contributed by atoms with van der Waals surface area (Å²) >= 11 is 0. The van der Waals surface area contributed by atoms with E-state index in [2.05, 4.69) is 15.3 Å². The topological polar surface area (TPSA) is 63.8 Å². The van der Waals surface area contributed by atoms with Crippen LogP contribution in [-0.2, 0) is 6.67 Å². The van der Waals surface area contributed by atoms with E-state index in [1.165, 1.54) is 6.33 Å². The SMILES string of the molecule is NCCNc1cc(CF)ncn1. The first kappa shape index (κ1) is 8.86. The highest BCUT2D eigenvalue weighted by atomic mass is 19.1. The molecule has 4 nitrogen and oxygen atoms in total. The summed E-state index contributed by atoms with van der Waals surface area (Å²) in [7, 11) is 0. The molecule has 1 aromatic rings. The molecular formula is C7H11FN4. The van der Waals surface area contributed by atoms with Crippen LogP contribution in [-0.4, -0.2) is 23.1 Å². The highest BCUT2D eigenvalue weighted by Gasteiger charge is 1.95. The Morgan fingerprint density at radius 1 is 1.50 bits per heavy atom. The number of nitrogens with zero attached hydrogens (tertiary/aromatic N) is 2. The van der Waals surface area contributed by atoms with Crippen molar-refractivity contribution in [1.82, 2.24) is 9.97 Å². The largest absolute Gasteiger partial charge is 0.369 e. The number of alkyl halides is 1. The molecule has 0 atom stereocenters. The minimum Gasteiger partial charge on any atom is -0.369 e. The average Bonchev–Trinajstić information content (AvgIpc) is 2.15. The van der Waals surface area contributed by atoms with Gasteiger partial charge in [-0.25, -0.2) is 14.4 Å². The van der Waals surface area contributed by atoms with Crippen molar-refractivity contribution >= 4 is 5.82 Å². The number of rotatable bonds is 4. The van der Waals surface area contributed by atoms with Crippen LogP contribution in [0, 0.1) is 0 Å². The van der Waals surface area contributed by atoms with E-state index in [4.69, 9.17) is 5.73 Å². The van der Waals surface area contributed by atoms with Crippen LogP contribution >= 0.6 is 0 Å². The van der Waals surface area contributed by atoms with Crippen molar-refractivity contribution in [2.24, 2.45) is 5.73 Å². The summed E-state index contributed by atoms with van der Waals surface area (Å²) < 4.78 is 12.1. The predicted octanol–water partition coefficient (Wildman–Crippen LogP) is 0.317. The van der Waals surface area contributed by atoms with Gasteiger partial charge in [-0.3, -0.25) is 0 Å². The summed E-state index contributed by atoms with van der Waals surface area (Å²) in [5.41, 5.74) is 5.65. The Morgan fingerprint density at radius 3 is 3.00 bits per heavy atom. The molecule has 0 spiro atoms. The van der Waals surface area contributed by atoms with E-state index in [9.17, 15) is 4.39 Å². The zero-order valence-corrected chi connectivity index (χ0v) is 6.63. The van der Waals surface area contributed by atoms with Gasteiger partial charge in [-0.1, -0.05) is 0 Å². The Balaban J connectivity index is 2.60. The quantitative estimate of drug-likeness (QED) is 0.683. The van der Waals surface area contributed by atoms with Crippen molar-refractivity contribution in [2.75, 3.05) is 18.4 Å². The van der Waals surface area contributed by atoms with Crippen molar-refractivity contribution in [3.05, 3.63) is 18.1 Å². The highest BCUT2D eigenvalue weighted by Crippen LogP contribution is 2.03. The molecule has 1 aromatic heterocycles. The molecule has 0 saturated heterocycles. The second-order valence-corrected chi connectivity index (χ2v) is 2.24. The smallest absolute Gasteiger partial charge is 0.132 e. The first-order valence-electron chi connectivity index (χ1n) is 3.67. The molecular weight excluding hydrogens is 159 g/mol. The molecule has 0 radical (unpaired) electrons. The number of nitrogens with two attached hydrogens (primary N) is 1. The minimum absolute atomic E-state index is 0.379. The number of hydrogen-bond donors (Lipinski definition) is 2. The molecule has 0 aliphatic heterocycles. The Labute approximate surface area is 70.0 Å². The summed E-state index contributed by atoms with van der Waals surface area (Å²) in [5.74, 6) is 0.614. The monoisotopic (exact) mass is 170 g/mol. The average molecular weight is 170 g/mol. The zero-order chi connectivity index (χ0) is 8.81. The summed E-state index contributed by atoms with van der Waals surface area (Å²) in [6.07, 6.45) is 1.33. The third-order valence-electron chi connectivity index (χ3n) is 1.31. The first-order valence-corrected chi connectivity index (χ1v) is 3.67. The normalized spacial score (nSPS) is 9.83. The summed E-state index contributed by atoms with van der Waals surface area (Å²) in [6.45, 7) is 0.581. The zero-order valence-electron chi connectivity index (χ0n) is 6.63. The second kappa shape index (κ2) is 4.61. The van der Waals surface area contributed by atoms with Gasteiger partial charge in [0.15, 0.2) is 0 Å². The van der Waals surface area contributed by atoms with E-state index in [0.29, 0.717) is 24.6 Å². The number of aromatic nitrogens is 2. The molecule has 0 unspecified atom stereocenters. The summed E-state index contributed by atoms with van der Waals surface area (Å²) in [4.78, 5) is 7.59. The lowest BCUT2D eigenvalue weighted by Crippen LogP contribution is -2.14. The second-order valence-electron chi connectivity index (χ2n) is 2.24. The van der Waals surface area contributed by atoms with E-state index in [1.807, 2.05) is 0 Å². The van der Waals surface area contributed by atoms with Crippen LogP contribution in [0.25, 0.3) is 0 Å². The fourth-order valence-corrected chi connectivity index (χ4v) is 0.768. The molecule has 0 fully saturated rings. The number of anilines is 1. The van der Waals surface area contributed by atoms with Crippen molar-refractivity contribution in [3.8, 4) is 0 Å².